The van der Waals surface area contributed by atoms with Gasteiger partial charge in [0.15, 0.2) is 0 Å². The molecule has 0 radical (unpaired) electrons. The average Bonchev–Trinajstić information content (AvgIpc) is 2.24. The Morgan fingerprint density at radius 1 is 1.42 bits per heavy atom. The molecule has 108 valence electrons. The van der Waals surface area contributed by atoms with Crippen LogP contribution in [0.5, 0.6) is 0 Å². The van der Waals surface area contributed by atoms with Gasteiger partial charge in [0, 0.05) is 18.5 Å². The van der Waals surface area contributed by atoms with Crippen LogP contribution in [0, 0.1) is 5.41 Å². The van der Waals surface area contributed by atoms with Crippen LogP contribution < -0.4 is 5.73 Å². The molecule has 2 N–H and O–H groups in total. The lowest BCUT2D eigenvalue weighted by atomic mass is 9.74. The topological polar surface area (TPSA) is 81.9 Å². The third-order valence-electron chi connectivity index (χ3n) is 3.10. The summed E-state index contributed by atoms with van der Waals surface area (Å²) >= 11 is 0. The molecule has 1 aliphatic rings. The molecule has 0 saturated carbocycles. The number of methoxy groups -OCH3 is 1. The van der Waals surface area contributed by atoms with Gasteiger partial charge >= 0.3 is 12.1 Å². The van der Waals surface area contributed by atoms with Crippen LogP contribution in [0.1, 0.15) is 20.8 Å². The van der Waals surface area contributed by atoms with Crippen molar-refractivity contribution in [1.82, 2.24) is 4.90 Å². The van der Waals surface area contributed by atoms with Crippen molar-refractivity contribution in [1.29, 1.82) is 0 Å². The number of nitrogens with zero attached hydrogens (tertiary/aromatic N) is 1. The van der Waals surface area contributed by atoms with E-state index in [-0.39, 0.29) is 0 Å². The largest absolute Gasteiger partial charge is 0.468 e. The predicted molar refractivity (Wildman–Crippen MR) is 70.4 cm³/mol. The summed E-state index contributed by atoms with van der Waals surface area (Å²) in [6, 6.07) is -0.825. The van der Waals surface area contributed by atoms with Crippen LogP contribution in [-0.4, -0.2) is 48.8 Å². The number of carbonyl (C=O) groups is 2. The summed E-state index contributed by atoms with van der Waals surface area (Å²) in [5.74, 6) is -0.510. The summed E-state index contributed by atoms with van der Waals surface area (Å²) in [6.07, 6.45) is 1.19. The van der Waals surface area contributed by atoms with Gasteiger partial charge in [-0.3, -0.25) is 4.79 Å². The van der Waals surface area contributed by atoms with E-state index in [9.17, 15) is 9.59 Å². The Balaban J connectivity index is 2.65. The Hall–Kier alpha value is -1.56. The maximum atomic E-state index is 11.8. The number of carbonyl (C=O) groups excluding carboxylic acids is 2. The molecule has 1 saturated heterocycles. The summed E-state index contributed by atoms with van der Waals surface area (Å²) in [5.41, 5.74) is 4.66. The van der Waals surface area contributed by atoms with Crippen LogP contribution in [0.3, 0.4) is 0 Å². The molecule has 0 aliphatic carbocycles. The minimum absolute atomic E-state index is 0.307. The first kappa shape index (κ1) is 15.5. The van der Waals surface area contributed by atoms with Crippen molar-refractivity contribution in [2.75, 3.05) is 20.2 Å². The first-order valence-electron chi connectivity index (χ1n) is 6.10. The van der Waals surface area contributed by atoms with Crippen LogP contribution in [0.25, 0.3) is 0 Å². The van der Waals surface area contributed by atoms with Gasteiger partial charge in [-0.15, -0.1) is 6.58 Å². The predicted octanol–water partition coefficient (Wildman–Crippen LogP) is 0.910. The zero-order valence-corrected chi connectivity index (χ0v) is 11.9. The second-order valence-electron chi connectivity index (χ2n) is 5.77. The van der Waals surface area contributed by atoms with Crippen LogP contribution in [-0.2, 0) is 14.3 Å². The standard InChI is InChI=1S/C13H22N2O4/c1-6-13(9(14)10(16)18-5)7-15(8-13)11(17)19-12(2,3)4/h6,9H,1,7-8,14H2,2-5H3/t9-/m1/s1. The monoisotopic (exact) mass is 270 g/mol. The summed E-state index contributed by atoms with van der Waals surface area (Å²) in [7, 11) is 1.28. The SMILES string of the molecule is C=CC1([C@H](N)C(=O)OC)CN(C(=O)OC(C)(C)C)C1. The maximum Gasteiger partial charge on any atom is 0.410 e. The molecule has 6 nitrogen and oxygen atoms in total. The fourth-order valence-electron chi connectivity index (χ4n) is 1.93. The second kappa shape index (κ2) is 5.21. The van der Waals surface area contributed by atoms with Crippen LogP contribution in [0.4, 0.5) is 4.79 Å². The lowest BCUT2D eigenvalue weighted by Crippen LogP contribution is -2.67. The van der Waals surface area contributed by atoms with Gasteiger partial charge in [-0.2, -0.15) is 0 Å². The minimum atomic E-state index is -0.825. The van der Waals surface area contributed by atoms with E-state index in [1.54, 1.807) is 26.8 Å². The van der Waals surface area contributed by atoms with E-state index in [1.807, 2.05) is 0 Å². The number of ether oxygens (including phenoxy) is 2. The normalized spacial score (nSPS) is 19.1. The van der Waals surface area contributed by atoms with Gasteiger partial charge in [0.05, 0.1) is 7.11 Å². The summed E-state index contributed by atoms with van der Waals surface area (Å²) in [6.45, 7) is 9.70. The number of rotatable bonds is 3. The molecule has 1 rings (SSSR count). The van der Waals surface area contributed by atoms with Gasteiger partial charge < -0.3 is 20.1 Å². The Morgan fingerprint density at radius 2 is 1.95 bits per heavy atom. The Labute approximate surface area is 113 Å². The van der Waals surface area contributed by atoms with E-state index in [1.165, 1.54) is 12.0 Å². The van der Waals surface area contributed by atoms with E-state index in [0.29, 0.717) is 13.1 Å². The van der Waals surface area contributed by atoms with Gasteiger partial charge in [0.1, 0.15) is 11.6 Å². The first-order chi connectivity index (χ1) is 8.65. The smallest absolute Gasteiger partial charge is 0.410 e. The van der Waals surface area contributed by atoms with Crippen molar-refractivity contribution < 1.29 is 19.1 Å². The van der Waals surface area contributed by atoms with Crippen LogP contribution in [0.15, 0.2) is 12.7 Å². The van der Waals surface area contributed by atoms with E-state index >= 15 is 0 Å². The number of esters is 1. The third kappa shape index (κ3) is 3.26. The van der Waals surface area contributed by atoms with Crippen molar-refractivity contribution in [3.8, 4) is 0 Å². The first-order valence-corrected chi connectivity index (χ1v) is 6.10. The molecule has 19 heavy (non-hydrogen) atoms. The summed E-state index contributed by atoms with van der Waals surface area (Å²) in [5, 5.41) is 0. The fourth-order valence-corrected chi connectivity index (χ4v) is 1.93. The zero-order valence-electron chi connectivity index (χ0n) is 11.9. The molecular weight excluding hydrogens is 248 g/mol. The fraction of sp³-hybridized carbons (Fsp3) is 0.692. The maximum absolute atomic E-state index is 11.8. The van der Waals surface area contributed by atoms with Gasteiger partial charge in [0.25, 0.3) is 0 Å². The van der Waals surface area contributed by atoms with Crippen molar-refractivity contribution in [2.24, 2.45) is 11.1 Å². The molecule has 1 heterocycles. The molecule has 1 amide bonds. The molecule has 1 atom stereocenters. The lowest BCUT2D eigenvalue weighted by Gasteiger charge is -2.50. The number of likely N-dealkylation sites (tertiary alicyclic amines) is 1. The lowest BCUT2D eigenvalue weighted by molar-refractivity contribution is -0.147. The highest BCUT2D eigenvalue weighted by atomic mass is 16.6. The van der Waals surface area contributed by atoms with Crippen LogP contribution >= 0.6 is 0 Å². The van der Waals surface area contributed by atoms with Crippen LogP contribution in [0.2, 0.25) is 0 Å². The van der Waals surface area contributed by atoms with E-state index in [0.717, 1.165) is 0 Å². The molecule has 6 heteroatoms. The number of hydrogen-bond donors (Lipinski definition) is 1. The Kier molecular flexibility index (Phi) is 4.25. The molecule has 1 aliphatic heterocycles. The number of amides is 1. The summed E-state index contributed by atoms with van der Waals surface area (Å²) in [4.78, 5) is 24.8. The molecule has 1 fully saturated rings. The molecule has 0 aromatic rings. The molecule has 0 unspecified atom stereocenters. The van der Waals surface area contributed by atoms with Gasteiger partial charge in [-0.05, 0) is 20.8 Å². The zero-order chi connectivity index (χ0) is 14.8. The van der Waals surface area contributed by atoms with Crippen molar-refractivity contribution in [3.05, 3.63) is 12.7 Å². The summed E-state index contributed by atoms with van der Waals surface area (Å²) < 4.78 is 9.87. The molecular formula is C13H22N2O4. The average molecular weight is 270 g/mol. The highest BCUT2D eigenvalue weighted by Crippen LogP contribution is 2.35. The molecule has 0 aromatic heterocycles. The molecule has 0 spiro atoms. The van der Waals surface area contributed by atoms with Gasteiger partial charge in [0.2, 0.25) is 0 Å². The van der Waals surface area contributed by atoms with E-state index < -0.39 is 29.1 Å². The number of nitrogens with two attached hydrogens (primary N) is 1. The van der Waals surface area contributed by atoms with E-state index in [2.05, 4.69) is 11.3 Å². The molecule has 0 aromatic carbocycles. The Morgan fingerprint density at radius 3 is 2.32 bits per heavy atom. The quantitative estimate of drug-likeness (QED) is 0.609. The highest BCUT2D eigenvalue weighted by molar-refractivity contribution is 5.78. The van der Waals surface area contributed by atoms with Crippen molar-refractivity contribution >= 4 is 12.1 Å². The minimum Gasteiger partial charge on any atom is -0.468 e. The second-order valence-corrected chi connectivity index (χ2v) is 5.77. The van der Waals surface area contributed by atoms with Crippen molar-refractivity contribution in [3.63, 3.8) is 0 Å². The third-order valence-corrected chi connectivity index (χ3v) is 3.10. The van der Waals surface area contributed by atoms with Crippen molar-refractivity contribution in [2.45, 2.75) is 32.4 Å². The highest BCUT2D eigenvalue weighted by Gasteiger charge is 2.51. The van der Waals surface area contributed by atoms with Gasteiger partial charge in [-0.25, -0.2) is 4.79 Å². The van der Waals surface area contributed by atoms with Gasteiger partial charge in [-0.1, -0.05) is 6.08 Å². The van der Waals surface area contributed by atoms with E-state index in [4.69, 9.17) is 10.5 Å². The Bertz CT molecular complexity index is 381. The number of hydrogen-bond acceptors (Lipinski definition) is 5. The molecule has 0 bridgehead atoms.